The Bertz CT molecular complexity index is 277. The number of nitrogens with one attached hydrogen (secondary N) is 1. The van der Waals surface area contributed by atoms with Crippen LogP contribution in [0.15, 0.2) is 4.99 Å². The fourth-order valence-corrected chi connectivity index (χ4v) is 3.60. The van der Waals surface area contributed by atoms with Gasteiger partial charge in [0, 0.05) is 6.04 Å². The van der Waals surface area contributed by atoms with Crippen LogP contribution in [0.3, 0.4) is 0 Å². The second kappa shape index (κ2) is 4.64. The van der Waals surface area contributed by atoms with Crippen molar-refractivity contribution >= 4 is 6.02 Å². The van der Waals surface area contributed by atoms with Crippen LogP contribution in [0.25, 0.3) is 0 Å². The van der Waals surface area contributed by atoms with Crippen molar-refractivity contribution in [2.24, 2.45) is 16.8 Å². The van der Waals surface area contributed by atoms with Crippen molar-refractivity contribution in [1.29, 1.82) is 0 Å². The highest BCUT2D eigenvalue weighted by Gasteiger charge is 2.32. The van der Waals surface area contributed by atoms with Gasteiger partial charge in [0.1, 0.15) is 6.61 Å². The molecule has 2 aliphatic carbocycles. The Balaban J connectivity index is 1.54. The number of aliphatic imine (C=N–C) groups is 1. The SMILES string of the molecule is C1CCC2CC(NC3=NCCO3)CCC2C1. The predicted octanol–water partition coefficient (Wildman–Crippen LogP) is 2.32. The third-order valence-electron chi connectivity index (χ3n) is 4.45. The average molecular weight is 222 g/mol. The molecule has 3 nitrogen and oxygen atoms in total. The summed E-state index contributed by atoms with van der Waals surface area (Å²) in [6.45, 7) is 1.60. The maximum Gasteiger partial charge on any atom is 0.285 e. The average Bonchev–Trinajstić information content (AvgIpc) is 2.82. The molecule has 3 aliphatic rings. The third kappa shape index (κ3) is 2.18. The maximum atomic E-state index is 5.43. The molecular weight excluding hydrogens is 200 g/mol. The van der Waals surface area contributed by atoms with Gasteiger partial charge in [0.15, 0.2) is 0 Å². The minimum atomic E-state index is 0.621. The zero-order valence-corrected chi connectivity index (χ0v) is 9.95. The molecule has 0 radical (unpaired) electrons. The monoisotopic (exact) mass is 222 g/mol. The largest absolute Gasteiger partial charge is 0.463 e. The lowest BCUT2D eigenvalue weighted by Crippen LogP contribution is -2.41. The number of fused-ring (bicyclic) bond motifs is 1. The van der Waals surface area contributed by atoms with E-state index in [0.717, 1.165) is 31.0 Å². The van der Waals surface area contributed by atoms with E-state index in [1.165, 1.54) is 44.9 Å². The van der Waals surface area contributed by atoms with Crippen LogP contribution in [-0.2, 0) is 4.74 Å². The van der Waals surface area contributed by atoms with Crippen LogP contribution >= 0.6 is 0 Å². The molecule has 0 spiro atoms. The highest BCUT2D eigenvalue weighted by atomic mass is 16.5. The summed E-state index contributed by atoms with van der Waals surface area (Å²) in [6, 6.07) is 1.43. The fourth-order valence-electron chi connectivity index (χ4n) is 3.60. The van der Waals surface area contributed by atoms with Gasteiger partial charge >= 0.3 is 0 Å². The van der Waals surface area contributed by atoms with Crippen molar-refractivity contribution < 1.29 is 4.74 Å². The summed E-state index contributed by atoms with van der Waals surface area (Å²) in [5, 5.41) is 3.48. The molecule has 16 heavy (non-hydrogen) atoms. The fraction of sp³-hybridized carbons (Fsp3) is 0.923. The van der Waals surface area contributed by atoms with Crippen molar-refractivity contribution in [2.75, 3.05) is 13.2 Å². The molecule has 3 heteroatoms. The molecule has 1 N–H and O–H groups in total. The van der Waals surface area contributed by atoms with Gasteiger partial charge in [0.25, 0.3) is 6.02 Å². The van der Waals surface area contributed by atoms with Gasteiger partial charge in [-0.2, -0.15) is 0 Å². The highest BCUT2D eigenvalue weighted by Crippen LogP contribution is 2.40. The van der Waals surface area contributed by atoms with Crippen LogP contribution in [0.1, 0.15) is 44.9 Å². The van der Waals surface area contributed by atoms with Crippen molar-refractivity contribution in [3.8, 4) is 0 Å². The lowest BCUT2D eigenvalue weighted by Gasteiger charge is -2.39. The van der Waals surface area contributed by atoms with Crippen LogP contribution in [0.5, 0.6) is 0 Å². The molecule has 3 unspecified atom stereocenters. The van der Waals surface area contributed by atoms with E-state index in [1.807, 2.05) is 0 Å². The molecular formula is C13H22N2O. The Kier molecular flexibility index (Phi) is 3.02. The van der Waals surface area contributed by atoms with Gasteiger partial charge < -0.3 is 10.1 Å². The van der Waals surface area contributed by atoms with E-state index in [0.29, 0.717) is 6.04 Å². The zero-order valence-electron chi connectivity index (χ0n) is 9.95. The Morgan fingerprint density at radius 3 is 2.75 bits per heavy atom. The summed E-state index contributed by atoms with van der Waals surface area (Å²) in [6.07, 6.45) is 9.91. The first-order valence-electron chi connectivity index (χ1n) is 6.85. The summed E-state index contributed by atoms with van der Waals surface area (Å²) < 4.78 is 5.43. The molecule has 0 saturated heterocycles. The van der Waals surface area contributed by atoms with Gasteiger partial charge in [-0.05, 0) is 31.1 Å². The van der Waals surface area contributed by atoms with Gasteiger partial charge in [-0.15, -0.1) is 0 Å². The Labute approximate surface area is 97.7 Å². The van der Waals surface area contributed by atoms with Crippen LogP contribution in [-0.4, -0.2) is 25.2 Å². The Hall–Kier alpha value is -0.730. The smallest absolute Gasteiger partial charge is 0.285 e. The number of amidine groups is 1. The number of hydrogen-bond donors (Lipinski definition) is 1. The minimum Gasteiger partial charge on any atom is -0.463 e. The van der Waals surface area contributed by atoms with E-state index in [4.69, 9.17) is 4.74 Å². The quantitative estimate of drug-likeness (QED) is 0.738. The molecule has 0 aromatic heterocycles. The Morgan fingerprint density at radius 2 is 1.94 bits per heavy atom. The first-order chi connectivity index (χ1) is 7.92. The molecule has 2 fully saturated rings. The first-order valence-corrected chi connectivity index (χ1v) is 6.85. The molecule has 0 amide bonds. The lowest BCUT2D eigenvalue weighted by molar-refractivity contribution is 0.147. The number of rotatable bonds is 1. The van der Waals surface area contributed by atoms with Crippen LogP contribution < -0.4 is 5.32 Å². The van der Waals surface area contributed by atoms with Gasteiger partial charge in [-0.3, -0.25) is 0 Å². The lowest BCUT2D eigenvalue weighted by atomic mass is 9.69. The second-order valence-corrected chi connectivity index (χ2v) is 5.49. The molecule has 0 bridgehead atoms. The van der Waals surface area contributed by atoms with Gasteiger partial charge in [0.2, 0.25) is 0 Å². The summed E-state index contributed by atoms with van der Waals surface area (Å²) in [7, 11) is 0. The topological polar surface area (TPSA) is 33.6 Å². The van der Waals surface area contributed by atoms with E-state index < -0.39 is 0 Å². The van der Waals surface area contributed by atoms with E-state index in [2.05, 4.69) is 10.3 Å². The van der Waals surface area contributed by atoms with E-state index in [-0.39, 0.29) is 0 Å². The Morgan fingerprint density at radius 1 is 1.06 bits per heavy atom. The van der Waals surface area contributed by atoms with Gasteiger partial charge in [0.05, 0.1) is 6.54 Å². The molecule has 90 valence electrons. The van der Waals surface area contributed by atoms with Gasteiger partial charge in [-0.1, -0.05) is 25.7 Å². The molecule has 3 atom stereocenters. The summed E-state index contributed by atoms with van der Waals surface area (Å²) >= 11 is 0. The minimum absolute atomic E-state index is 0.621. The summed E-state index contributed by atoms with van der Waals surface area (Å²) in [4.78, 5) is 4.32. The summed E-state index contributed by atoms with van der Waals surface area (Å²) in [5.74, 6) is 2.00. The van der Waals surface area contributed by atoms with E-state index in [1.54, 1.807) is 0 Å². The highest BCUT2D eigenvalue weighted by molar-refractivity contribution is 5.75. The number of ether oxygens (including phenoxy) is 1. The van der Waals surface area contributed by atoms with Crippen molar-refractivity contribution in [2.45, 2.75) is 51.0 Å². The van der Waals surface area contributed by atoms with Crippen molar-refractivity contribution in [3.05, 3.63) is 0 Å². The predicted molar refractivity (Wildman–Crippen MR) is 64.5 cm³/mol. The van der Waals surface area contributed by atoms with Crippen molar-refractivity contribution in [1.82, 2.24) is 5.32 Å². The molecule has 0 aromatic carbocycles. The third-order valence-corrected chi connectivity index (χ3v) is 4.45. The van der Waals surface area contributed by atoms with Crippen LogP contribution in [0, 0.1) is 11.8 Å². The molecule has 1 aliphatic heterocycles. The number of hydrogen-bond acceptors (Lipinski definition) is 3. The first kappa shape index (κ1) is 10.4. The molecule has 0 aromatic rings. The normalized spacial score (nSPS) is 38.5. The van der Waals surface area contributed by atoms with Gasteiger partial charge in [-0.25, -0.2) is 4.99 Å². The zero-order chi connectivity index (χ0) is 10.8. The van der Waals surface area contributed by atoms with Crippen molar-refractivity contribution in [3.63, 3.8) is 0 Å². The maximum absolute atomic E-state index is 5.43. The van der Waals surface area contributed by atoms with Crippen LogP contribution in [0.2, 0.25) is 0 Å². The second-order valence-electron chi connectivity index (χ2n) is 5.49. The molecule has 3 rings (SSSR count). The summed E-state index contributed by atoms with van der Waals surface area (Å²) in [5.41, 5.74) is 0. The van der Waals surface area contributed by atoms with E-state index >= 15 is 0 Å². The van der Waals surface area contributed by atoms with Crippen LogP contribution in [0.4, 0.5) is 0 Å². The molecule has 2 saturated carbocycles. The van der Waals surface area contributed by atoms with E-state index in [9.17, 15) is 0 Å². The standard InChI is InChI=1S/C13H22N2O/c1-2-4-11-9-12(6-5-10(11)3-1)15-13-14-7-8-16-13/h10-12H,1-9H2,(H,14,15). The molecule has 1 heterocycles. The number of nitrogens with zero attached hydrogens (tertiary/aromatic N) is 1.